The molecule has 0 amide bonds. The van der Waals surface area contributed by atoms with E-state index in [1.807, 2.05) is 37.3 Å². The standard InChI is InChI=1S/C18H21NO3/c1-3-14-12-16(20)15(10-11-17(21)22-4-2)18(19-14)13-8-6-5-7-9-13/h5-11,14,19H,3-4,12H2,1-2H3/b11-10+/t14-/m0/s1. The number of ether oxygens (including phenoxy) is 1. The van der Waals surface area contributed by atoms with E-state index in [-0.39, 0.29) is 11.8 Å². The number of allylic oxidation sites excluding steroid dienone is 2. The molecule has 0 fully saturated rings. The molecule has 22 heavy (non-hydrogen) atoms. The highest BCUT2D eigenvalue weighted by Gasteiger charge is 2.25. The van der Waals surface area contributed by atoms with Gasteiger partial charge in [-0.25, -0.2) is 4.79 Å². The van der Waals surface area contributed by atoms with Crippen LogP contribution in [0.25, 0.3) is 5.70 Å². The molecule has 1 aliphatic heterocycles. The van der Waals surface area contributed by atoms with Crippen LogP contribution in [0, 0.1) is 0 Å². The van der Waals surface area contributed by atoms with Gasteiger partial charge in [-0.2, -0.15) is 0 Å². The predicted molar refractivity (Wildman–Crippen MR) is 86.0 cm³/mol. The number of nitrogens with one attached hydrogen (secondary N) is 1. The molecule has 0 unspecified atom stereocenters. The Labute approximate surface area is 130 Å². The molecular weight excluding hydrogens is 278 g/mol. The van der Waals surface area contributed by atoms with Crippen molar-refractivity contribution in [3.63, 3.8) is 0 Å². The number of carbonyl (C=O) groups is 2. The monoisotopic (exact) mass is 299 g/mol. The highest BCUT2D eigenvalue weighted by atomic mass is 16.5. The van der Waals surface area contributed by atoms with Gasteiger partial charge in [-0.1, -0.05) is 37.3 Å². The fourth-order valence-electron chi connectivity index (χ4n) is 2.41. The number of rotatable bonds is 5. The molecule has 1 aliphatic rings. The van der Waals surface area contributed by atoms with Crippen molar-refractivity contribution in [3.05, 3.63) is 53.6 Å². The highest BCUT2D eigenvalue weighted by molar-refractivity contribution is 6.07. The summed E-state index contributed by atoms with van der Waals surface area (Å²) in [6.07, 6.45) is 4.18. The van der Waals surface area contributed by atoms with Gasteiger partial charge in [-0.3, -0.25) is 4.79 Å². The van der Waals surface area contributed by atoms with Gasteiger partial charge in [0, 0.05) is 24.1 Å². The number of esters is 1. The summed E-state index contributed by atoms with van der Waals surface area (Å²) in [5.41, 5.74) is 2.26. The molecule has 1 heterocycles. The zero-order valence-electron chi connectivity index (χ0n) is 13.0. The van der Waals surface area contributed by atoms with E-state index in [4.69, 9.17) is 4.74 Å². The number of Topliss-reactive ketones (excluding diaryl/α,β-unsaturated/α-hetero) is 1. The first-order valence-electron chi connectivity index (χ1n) is 7.60. The molecule has 1 atom stereocenters. The van der Waals surface area contributed by atoms with Crippen molar-refractivity contribution in [3.8, 4) is 0 Å². The Bertz CT molecular complexity index is 602. The molecule has 1 aromatic carbocycles. The number of carbonyl (C=O) groups excluding carboxylic acids is 2. The first-order valence-corrected chi connectivity index (χ1v) is 7.60. The summed E-state index contributed by atoms with van der Waals surface area (Å²) >= 11 is 0. The molecule has 0 saturated carbocycles. The molecule has 0 aromatic heterocycles. The van der Waals surface area contributed by atoms with Gasteiger partial charge in [0.05, 0.1) is 12.3 Å². The largest absolute Gasteiger partial charge is 0.463 e. The molecule has 2 rings (SSSR count). The van der Waals surface area contributed by atoms with E-state index in [1.165, 1.54) is 6.08 Å². The third kappa shape index (κ3) is 3.85. The van der Waals surface area contributed by atoms with E-state index in [1.54, 1.807) is 13.0 Å². The maximum Gasteiger partial charge on any atom is 0.330 e. The fraction of sp³-hybridized carbons (Fsp3) is 0.333. The molecule has 0 saturated heterocycles. The number of ketones is 1. The van der Waals surface area contributed by atoms with Gasteiger partial charge in [0.2, 0.25) is 0 Å². The molecule has 4 nitrogen and oxygen atoms in total. The van der Waals surface area contributed by atoms with Crippen LogP contribution >= 0.6 is 0 Å². The summed E-state index contributed by atoms with van der Waals surface area (Å²) in [4.78, 5) is 23.9. The van der Waals surface area contributed by atoms with Gasteiger partial charge >= 0.3 is 5.97 Å². The van der Waals surface area contributed by atoms with Crippen molar-refractivity contribution in [2.75, 3.05) is 6.61 Å². The Hall–Kier alpha value is -2.36. The molecule has 1 aromatic rings. The zero-order chi connectivity index (χ0) is 15.9. The molecule has 0 bridgehead atoms. The van der Waals surface area contributed by atoms with Crippen molar-refractivity contribution in [1.29, 1.82) is 0 Å². The number of hydrogen-bond donors (Lipinski definition) is 1. The van der Waals surface area contributed by atoms with Crippen LogP contribution in [0.4, 0.5) is 0 Å². The number of hydrogen-bond acceptors (Lipinski definition) is 4. The van der Waals surface area contributed by atoms with Crippen LogP contribution in [0.3, 0.4) is 0 Å². The van der Waals surface area contributed by atoms with Crippen molar-refractivity contribution in [2.45, 2.75) is 32.7 Å². The van der Waals surface area contributed by atoms with Gasteiger partial charge in [-0.05, 0) is 25.0 Å². The summed E-state index contributed by atoms with van der Waals surface area (Å²) in [5, 5.41) is 3.41. The molecular formula is C18H21NO3. The van der Waals surface area contributed by atoms with Crippen LogP contribution in [0.5, 0.6) is 0 Å². The van der Waals surface area contributed by atoms with Crippen molar-refractivity contribution >= 4 is 17.4 Å². The lowest BCUT2D eigenvalue weighted by molar-refractivity contribution is -0.137. The predicted octanol–water partition coefficient (Wildman–Crippen LogP) is 2.86. The SMILES string of the molecule is CCOC(=O)/C=C/C1=C(c2ccccc2)N[C@@H](CC)CC1=O. The first-order chi connectivity index (χ1) is 10.7. The van der Waals surface area contributed by atoms with Crippen molar-refractivity contribution in [2.24, 2.45) is 0 Å². The Morgan fingerprint density at radius 1 is 1.32 bits per heavy atom. The van der Waals surface area contributed by atoms with E-state index in [2.05, 4.69) is 5.32 Å². The van der Waals surface area contributed by atoms with Gasteiger partial charge in [0.1, 0.15) is 0 Å². The van der Waals surface area contributed by atoms with Crippen LogP contribution in [-0.2, 0) is 14.3 Å². The van der Waals surface area contributed by atoms with E-state index in [9.17, 15) is 9.59 Å². The van der Waals surface area contributed by atoms with Crippen molar-refractivity contribution < 1.29 is 14.3 Å². The molecule has 0 radical (unpaired) electrons. The third-order valence-electron chi connectivity index (χ3n) is 3.58. The van der Waals surface area contributed by atoms with Gasteiger partial charge < -0.3 is 10.1 Å². The lowest BCUT2D eigenvalue weighted by atomic mass is 9.92. The van der Waals surface area contributed by atoms with Crippen LogP contribution in [0.15, 0.2) is 48.1 Å². The van der Waals surface area contributed by atoms with Gasteiger partial charge in [0.15, 0.2) is 5.78 Å². The summed E-state index contributed by atoms with van der Waals surface area (Å²) < 4.78 is 4.87. The summed E-state index contributed by atoms with van der Waals surface area (Å²) in [5.74, 6) is -0.391. The maximum atomic E-state index is 12.4. The zero-order valence-corrected chi connectivity index (χ0v) is 13.0. The lowest BCUT2D eigenvalue weighted by Gasteiger charge is -2.27. The third-order valence-corrected chi connectivity index (χ3v) is 3.58. The Balaban J connectivity index is 2.39. The van der Waals surface area contributed by atoms with Gasteiger partial charge in [0.25, 0.3) is 0 Å². The van der Waals surface area contributed by atoms with E-state index < -0.39 is 5.97 Å². The number of benzene rings is 1. The minimum atomic E-state index is -0.437. The minimum absolute atomic E-state index is 0.0463. The van der Waals surface area contributed by atoms with Crippen LogP contribution in [-0.4, -0.2) is 24.4 Å². The van der Waals surface area contributed by atoms with E-state index in [0.717, 1.165) is 17.7 Å². The average molecular weight is 299 g/mol. The average Bonchev–Trinajstić information content (AvgIpc) is 2.54. The summed E-state index contributed by atoms with van der Waals surface area (Å²) in [7, 11) is 0. The fourth-order valence-corrected chi connectivity index (χ4v) is 2.41. The Morgan fingerprint density at radius 3 is 2.68 bits per heavy atom. The second-order valence-electron chi connectivity index (χ2n) is 5.12. The second kappa shape index (κ2) is 7.59. The molecule has 4 heteroatoms. The summed E-state index contributed by atoms with van der Waals surface area (Å²) in [6.45, 7) is 4.12. The topological polar surface area (TPSA) is 55.4 Å². The molecule has 116 valence electrons. The van der Waals surface area contributed by atoms with Gasteiger partial charge in [-0.15, -0.1) is 0 Å². The van der Waals surface area contributed by atoms with Crippen molar-refractivity contribution in [1.82, 2.24) is 5.32 Å². The first kappa shape index (κ1) is 16.0. The van der Waals surface area contributed by atoms with E-state index in [0.29, 0.717) is 18.6 Å². The molecule has 1 N–H and O–H groups in total. The highest BCUT2D eigenvalue weighted by Crippen LogP contribution is 2.25. The van der Waals surface area contributed by atoms with E-state index >= 15 is 0 Å². The quantitative estimate of drug-likeness (QED) is 0.671. The molecule has 0 spiro atoms. The Kier molecular flexibility index (Phi) is 5.53. The minimum Gasteiger partial charge on any atom is -0.463 e. The molecule has 0 aliphatic carbocycles. The smallest absolute Gasteiger partial charge is 0.330 e. The van der Waals surface area contributed by atoms with Crippen LogP contribution < -0.4 is 5.32 Å². The van der Waals surface area contributed by atoms with Crippen LogP contribution in [0.2, 0.25) is 0 Å². The Morgan fingerprint density at radius 2 is 2.05 bits per heavy atom. The maximum absolute atomic E-state index is 12.4. The second-order valence-corrected chi connectivity index (χ2v) is 5.12. The normalized spacial score (nSPS) is 18.5. The summed E-state index contributed by atoms with van der Waals surface area (Å²) in [6, 6.07) is 9.81. The lowest BCUT2D eigenvalue weighted by Crippen LogP contribution is -2.36. The van der Waals surface area contributed by atoms with Crippen LogP contribution in [0.1, 0.15) is 32.3 Å².